The van der Waals surface area contributed by atoms with Crippen LogP contribution in [0.2, 0.25) is 0 Å². The molecule has 0 aromatic heterocycles. The first-order valence-corrected chi connectivity index (χ1v) is 14.3. The molecule has 0 saturated carbocycles. The van der Waals surface area contributed by atoms with E-state index in [-0.39, 0.29) is 0 Å². The molecule has 0 radical (unpaired) electrons. The van der Waals surface area contributed by atoms with Crippen LogP contribution in [0.15, 0.2) is 109 Å². The van der Waals surface area contributed by atoms with Crippen molar-refractivity contribution < 1.29 is 27.8 Å². The van der Waals surface area contributed by atoms with Gasteiger partial charge in [0.1, 0.15) is 5.75 Å². The van der Waals surface area contributed by atoms with Crippen molar-refractivity contribution in [2.24, 2.45) is 5.73 Å². The van der Waals surface area contributed by atoms with Crippen molar-refractivity contribution in [1.29, 1.82) is 0 Å². The number of alkyl halides is 3. The third-order valence-corrected chi connectivity index (χ3v) is 8.46. The summed E-state index contributed by atoms with van der Waals surface area (Å²) in [5.74, 6) is -0.402. The number of anilines is 2. The van der Waals surface area contributed by atoms with E-state index in [2.05, 4.69) is 29.0 Å². The minimum Gasteiger partial charge on any atom is -0.406 e. The number of rotatable bonds is 4. The lowest BCUT2D eigenvalue weighted by atomic mass is 9.78. The fourth-order valence-electron chi connectivity index (χ4n) is 6.62. The van der Waals surface area contributed by atoms with E-state index in [4.69, 9.17) is 5.73 Å². The summed E-state index contributed by atoms with van der Waals surface area (Å²) in [6, 6.07) is 26.1. The average Bonchev–Trinajstić information content (AvgIpc) is 3.01. The number of carbonyl (C=O) groups excluding carboxylic acids is 1. The highest BCUT2D eigenvalue weighted by Crippen LogP contribution is 2.46. The van der Waals surface area contributed by atoms with Crippen LogP contribution in [0.4, 0.5) is 29.3 Å². The van der Waals surface area contributed by atoms with E-state index in [1.54, 1.807) is 0 Å². The first kappa shape index (κ1) is 27.7. The molecule has 2 amide bonds. The minimum atomic E-state index is -4.84. The summed E-state index contributed by atoms with van der Waals surface area (Å²) in [5.41, 5.74) is 12.9. The molecule has 220 valence electrons. The van der Waals surface area contributed by atoms with E-state index in [1.165, 1.54) is 22.6 Å². The molecular formula is C36H27F3N2O3. The summed E-state index contributed by atoms with van der Waals surface area (Å²) < 4.78 is 42.5. The maximum absolute atomic E-state index is 13.2. The summed E-state index contributed by atoms with van der Waals surface area (Å²) in [5, 5.41) is 14.3. The molecule has 8 heteroatoms. The lowest BCUT2D eigenvalue weighted by Crippen LogP contribution is -2.32. The van der Waals surface area contributed by atoms with Crippen molar-refractivity contribution in [2.45, 2.75) is 31.7 Å². The van der Waals surface area contributed by atoms with E-state index in [0.717, 1.165) is 74.4 Å². The van der Waals surface area contributed by atoms with Crippen molar-refractivity contribution in [2.75, 3.05) is 4.90 Å². The molecule has 0 heterocycles. The molecule has 2 aliphatic carbocycles. The van der Waals surface area contributed by atoms with Gasteiger partial charge in [-0.1, -0.05) is 78.9 Å². The topological polar surface area (TPSA) is 75.8 Å². The van der Waals surface area contributed by atoms with Crippen LogP contribution in [-0.4, -0.2) is 23.6 Å². The predicted molar refractivity (Wildman–Crippen MR) is 167 cm³/mol. The second kappa shape index (κ2) is 10.6. The van der Waals surface area contributed by atoms with Gasteiger partial charge in [0.25, 0.3) is 0 Å². The SMILES string of the molecule is NC(=O)N(c1ccc(OC(F)(F)F)cc1)c1c(-c2cccc3c4c(ccc23)C2=C(CC4)C(O)CC=C2)ccc2ccccc12. The van der Waals surface area contributed by atoms with Crippen LogP contribution in [0.1, 0.15) is 24.0 Å². The number of aliphatic hydroxyl groups is 1. The Bertz CT molecular complexity index is 2010. The molecule has 0 aliphatic heterocycles. The van der Waals surface area contributed by atoms with E-state index in [1.807, 2.05) is 54.6 Å². The van der Waals surface area contributed by atoms with Gasteiger partial charge in [0.2, 0.25) is 0 Å². The Labute approximate surface area is 251 Å². The van der Waals surface area contributed by atoms with Gasteiger partial charge < -0.3 is 15.6 Å². The Kier molecular flexibility index (Phi) is 6.66. The third-order valence-electron chi connectivity index (χ3n) is 8.46. The Morgan fingerprint density at radius 1 is 0.818 bits per heavy atom. The first-order chi connectivity index (χ1) is 21.2. The van der Waals surface area contributed by atoms with Crippen molar-refractivity contribution in [1.82, 2.24) is 0 Å². The Morgan fingerprint density at radius 3 is 2.34 bits per heavy atom. The monoisotopic (exact) mass is 592 g/mol. The molecule has 7 rings (SSSR count). The second-order valence-electron chi connectivity index (χ2n) is 11.0. The van der Waals surface area contributed by atoms with Crippen LogP contribution in [0.5, 0.6) is 5.75 Å². The number of hydrogen-bond donors (Lipinski definition) is 2. The van der Waals surface area contributed by atoms with E-state index in [0.29, 0.717) is 17.8 Å². The van der Waals surface area contributed by atoms with Gasteiger partial charge >= 0.3 is 12.4 Å². The Morgan fingerprint density at radius 2 is 1.57 bits per heavy atom. The Balaban J connectivity index is 1.43. The van der Waals surface area contributed by atoms with E-state index >= 15 is 0 Å². The van der Waals surface area contributed by atoms with Crippen LogP contribution < -0.4 is 15.4 Å². The number of nitrogens with zero attached hydrogens (tertiary/aromatic N) is 1. The number of carbonyl (C=O) groups is 1. The molecule has 2 aliphatic rings. The van der Waals surface area contributed by atoms with Gasteiger partial charge in [-0.2, -0.15) is 0 Å². The van der Waals surface area contributed by atoms with Crippen LogP contribution >= 0.6 is 0 Å². The molecule has 1 unspecified atom stereocenters. The van der Waals surface area contributed by atoms with Gasteiger partial charge in [-0.05, 0) is 87.5 Å². The molecule has 5 aromatic carbocycles. The van der Waals surface area contributed by atoms with Crippen LogP contribution in [0.3, 0.4) is 0 Å². The number of nitrogens with two attached hydrogens (primary N) is 1. The lowest BCUT2D eigenvalue weighted by molar-refractivity contribution is -0.274. The maximum Gasteiger partial charge on any atom is 0.573 e. The van der Waals surface area contributed by atoms with E-state index in [9.17, 15) is 23.1 Å². The largest absolute Gasteiger partial charge is 0.573 e. The summed E-state index contributed by atoms with van der Waals surface area (Å²) in [6.45, 7) is 0. The Hall–Kier alpha value is -5.08. The number of ether oxygens (including phenoxy) is 1. The third kappa shape index (κ3) is 4.77. The van der Waals surface area contributed by atoms with Gasteiger partial charge in [0.05, 0.1) is 17.5 Å². The second-order valence-corrected chi connectivity index (χ2v) is 11.0. The number of aryl methyl sites for hydroxylation is 1. The van der Waals surface area contributed by atoms with Crippen molar-refractivity contribution in [3.8, 4) is 16.9 Å². The highest BCUT2D eigenvalue weighted by molar-refractivity contribution is 6.15. The summed E-state index contributed by atoms with van der Waals surface area (Å²) in [4.78, 5) is 14.5. The number of fused-ring (bicyclic) bond motifs is 5. The number of primary amides is 1. The number of halogens is 3. The quantitative estimate of drug-likeness (QED) is 0.219. The number of amides is 2. The molecule has 0 bridgehead atoms. The zero-order chi connectivity index (χ0) is 30.6. The first-order valence-electron chi connectivity index (χ1n) is 14.3. The van der Waals surface area contributed by atoms with Crippen LogP contribution in [0, 0.1) is 0 Å². The highest BCUT2D eigenvalue weighted by Gasteiger charge is 2.31. The molecule has 1 atom stereocenters. The fraction of sp³-hybridized carbons (Fsp3) is 0.139. The highest BCUT2D eigenvalue weighted by atomic mass is 19.4. The van der Waals surface area contributed by atoms with E-state index < -0.39 is 24.2 Å². The minimum absolute atomic E-state index is 0.296. The van der Waals surface area contributed by atoms with Gasteiger partial charge in [-0.25, -0.2) is 4.79 Å². The molecular weight excluding hydrogens is 565 g/mol. The fourth-order valence-corrected chi connectivity index (χ4v) is 6.62. The number of benzene rings is 5. The summed E-state index contributed by atoms with van der Waals surface area (Å²) in [6.07, 6.45) is 1.02. The smallest absolute Gasteiger partial charge is 0.406 e. The lowest BCUT2D eigenvalue weighted by Gasteiger charge is -2.29. The molecule has 0 fully saturated rings. The van der Waals surface area contributed by atoms with Crippen LogP contribution in [0.25, 0.3) is 38.2 Å². The zero-order valence-corrected chi connectivity index (χ0v) is 23.4. The molecule has 5 nitrogen and oxygen atoms in total. The summed E-state index contributed by atoms with van der Waals surface area (Å²) >= 11 is 0. The maximum atomic E-state index is 13.2. The molecule has 0 spiro atoms. The number of hydrogen-bond acceptors (Lipinski definition) is 3. The van der Waals surface area contributed by atoms with Gasteiger partial charge in [0, 0.05) is 10.9 Å². The van der Waals surface area contributed by atoms with Gasteiger partial charge in [-0.3, -0.25) is 4.90 Å². The van der Waals surface area contributed by atoms with Crippen LogP contribution in [-0.2, 0) is 6.42 Å². The summed E-state index contributed by atoms with van der Waals surface area (Å²) in [7, 11) is 0. The normalized spacial score (nSPS) is 16.1. The van der Waals surface area contributed by atoms with Gasteiger partial charge in [-0.15, -0.1) is 13.2 Å². The molecule has 44 heavy (non-hydrogen) atoms. The zero-order valence-electron chi connectivity index (χ0n) is 23.4. The molecule has 5 aromatic rings. The van der Waals surface area contributed by atoms with Gasteiger partial charge in [0.15, 0.2) is 0 Å². The number of allylic oxidation sites excluding steroid dienone is 2. The average molecular weight is 593 g/mol. The standard InChI is InChI=1S/C36H27F3N2O3/c37-36(38,39)44-23-14-12-22(13-15-23)41(35(40)43)34-24-6-2-1-5-21(24)11-16-32(34)27-8-3-7-25-28(27)17-18-30-26-9-4-10-33(42)31(26)20-19-29(25)30/h1-9,11-18,33,42H,10,19-20H2,(H2,40,43). The molecule has 0 saturated heterocycles. The van der Waals surface area contributed by atoms with Crippen molar-refractivity contribution >= 4 is 44.5 Å². The molecule has 3 N–H and O–H groups in total. The number of aliphatic hydroxyl groups excluding tert-OH is 1. The van der Waals surface area contributed by atoms with Crippen molar-refractivity contribution in [3.63, 3.8) is 0 Å². The van der Waals surface area contributed by atoms with Crippen molar-refractivity contribution in [3.05, 3.63) is 120 Å². The predicted octanol–water partition coefficient (Wildman–Crippen LogP) is 8.80. The number of urea groups is 1.